The molecule has 0 spiro atoms. The predicted molar refractivity (Wildman–Crippen MR) is 59.7 cm³/mol. The van der Waals surface area contributed by atoms with E-state index in [0.29, 0.717) is 12.4 Å². The van der Waals surface area contributed by atoms with Gasteiger partial charge >= 0.3 is 0 Å². The molecule has 6 nitrogen and oxygen atoms in total. The Hall–Kier alpha value is -1.98. The third-order valence-electron chi connectivity index (χ3n) is 2.28. The Morgan fingerprint density at radius 3 is 2.81 bits per heavy atom. The first-order chi connectivity index (χ1) is 7.68. The second-order valence-corrected chi connectivity index (χ2v) is 3.87. The molecule has 0 unspecified atom stereocenters. The van der Waals surface area contributed by atoms with Gasteiger partial charge in [0.25, 0.3) is 0 Å². The van der Waals surface area contributed by atoms with Crippen LogP contribution in [-0.2, 0) is 6.54 Å². The molecule has 2 aromatic heterocycles. The Balaban J connectivity index is 2.29. The number of hydrogen-bond donors (Lipinski definition) is 1. The van der Waals surface area contributed by atoms with Crippen LogP contribution in [0.2, 0.25) is 0 Å². The lowest BCUT2D eigenvalue weighted by Crippen LogP contribution is -2.10. The molecule has 2 heterocycles. The van der Waals surface area contributed by atoms with Gasteiger partial charge in [-0.25, -0.2) is 4.68 Å². The minimum absolute atomic E-state index is 0.284. The molecular weight excluding hydrogens is 204 g/mol. The molecule has 0 aliphatic carbocycles. The summed E-state index contributed by atoms with van der Waals surface area (Å²) in [6.07, 6.45) is 5.01. The van der Waals surface area contributed by atoms with Gasteiger partial charge in [-0.15, -0.1) is 5.10 Å². The SMILES string of the molecule is CC(C)c1c(N)nnn1Cc1cnccn1. The highest BCUT2D eigenvalue weighted by atomic mass is 15.4. The van der Waals surface area contributed by atoms with Crippen LogP contribution >= 0.6 is 0 Å². The van der Waals surface area contributed by atoms with E-state index in [1.165, 1.54) is 0 Å². The summed E-state index contributed by atoms with van der Waals surface area (Å²) in [7, 11) is 0. The minimum Gasteiger partial charge on any atom is -0.381 e. The Bertz CT molecular complexity index is 461. The number of aromatic nitrogens is 5. The summed E-state index contributed by atoms with van der Waals surface area (Å²) in [5, 5.41) is 7.88. The molecule has 0 aromatic carbocycles. The van der Waals surface area contributed by atoms with Gasteiger partial charge in [0.1, 0.15) is 0 Å². The quantitative estimate of drug-likeness (QED) is 0.824. The van der Waals surface area contributed by atoms with E-state index in [4.69, 9.17) is 5.73 Å². The molecule has 0 bridgehead atoms. The van der Waals surface area contributed by atoms with E-state index in [0.717, 1.165) is 11.4 Å². The fourth-order valence-corrected chi connectivity index (χ4v) is 1.61. The maximum Gasteiger partial charge on any atom is 0.169 e. The zero-order valence-electron chi connectivity index (χ0n) is 9.33. The summed E-state index contributed by atoms with van der Waals surface area (Å²) in [4.78, 5) is 8.20. The van der Waals surface area contributed by atoms with Crippen molar-refractivity contribution in [3.8, 4) is 0 Å². The van der Waals surface area contributed by atoms with Gasteiger partial charge in [-0.05, 0) is 5.92 Å². The Labute approximate surface area is 93.5 Å². The topological polar surface area (TPSA) is 82.5 Å². The highest BCUT2D eigenvalue weighted by Crippen LogP contribution is 2.19. The van der Waals surface area contributed by atoms with E-state index in [1.54, 1.807) is 23.3 Å². The van der Waals surface area contributed by atoms with Gasteiger partial charge in [0.2, 0.25) is 0 Å². The first-order valence-corrected chi connectivity index (χ1v) is 5.12. The van der Waals surface area contributed by atoms with Crippen LogP contribution in [0.25, 0.3) is 0 Å². The van der Waals surface area contributed by atoms with Crippen molar-refractivity contribution in [3.05, 3.63) is 30.0 Å². The summed E-state index contributed by atoms with van der Waals surface area (Å²) < 4.78 is 1.77. The minimum atomic E-state index is 0.284. The lowest BCUT2D eigenvalue weighted by Gasteiger charge is -2.08. The van der Waals surface area contributed by atoms with Crippen LogP contribution in [0, 0.1) is 0 Å². The number of rotatable bonds is 3. The smallest absolute Gasteiger partial charge is 0.169 e. The van der Waals surface area contributed by atoms with E-state index in [9.17, 15) is 0 Å². The highest BCUT2D eigenvalue weighted by molar-refractivity contribution is 5.35. The molecule has 0 radical (unpaired) electrons. The van der Waals surface area contributed by atoms with Crippen LogP contribution < -0.4 is 5.73 Å². The van der Waals surface area contributed by atoms with Gasteiger partial charge in [-0.2, -0.15) is 0 Å². The van der Waals surface area contributed by atoms with Crippen molar-refractivity contribution >= 4 is 5.82 Å². The van der Waals surface area contributed by atoms with E-state index in [-0.39, 0.29) is 5.92 Å². The highest BCUT2D eigenvalue weighted by Gasteiger charge is 2.14. The second kappa shape index (κ2) is 4.26. The largest absolute Gasteiger partial charge is 0.381 e. The number of nitrogens with zero attached hydrogens (tertiary/aromatic N) is 5. The molecule has 2 aromatic rings. The fraction of sp³-hybridized carbons (Fsp3) is 0.400. The number of nitrogens with two attached hydrogens (primary N) is 1. The zero-order chi connectivity index (χ0) is 11.5. The predicted octanol–water partition coefficient (Wildman–Crippen LogP) is 0.822. The summed E-state index contributed by atoms with van der Waals surface area (Å²) in [5.74, 6) is 0.769. The molecule has 0 saturated carbocycles. The van der Waals surface area contributed by atoms with Crippen LogP contribution in [0.4, 0.5) is 5.82 Å². The molecule has 0 fully saturated rings. The third-order valence-corrected chi connectivity index (χ3v) is 2.28. The van der Waals surface area contributed by atoms with Gasteiger partial charge in [-0.1, -0.05) is 19.1 Å². The molecule has 6 heteroatoms. The molecule has 2 N–H and O–H groups in total. The lowest BCUT2D eigenvalue weighted by molar-refractivity contribution is 0.588. The van der Waals surface area contributed by atoms with Crippen LogP contribution in [0.5, 0.6) is 0 Å². The van der Waals surface area contributed by atoms with Crippen molar-refractivity contribution in [1.29, 1.82) is 0 Å². The Morgan fingerprint density at radius 2 is 2.19 bits per heavy atom. The van der Waals surface area contributed by atoms with Gasteiger partial charge in [0.15, 0.2) is 5.82 Å². The molecule has 0 atom stereocenters. The Kier molecular flexibility index (Phi) is 2.80. The van der Waals surface area contributed by atoms with Gasteiger partial charge < -0.3 is 5.73 Å². The van der Waals surface area contributed by atoms with Crippen molar-refractivity contribution in [2.45, 2.75) is 26.3 Å². The average molecular weight is 218 g/mol. The molecule has 2 rings (SSSR count). The maximum absolute atomic E-state index is 5.77. The maximum atomic E-state index is 5.77. The molecule has 0 amide bonds. The van der Waals surface area contributed by atoms with Crippen molar-refractivity contribution in [2.24, 2.45) is 0 Å². The molecule has 0 aliphatic rings. The van der Waals surface area contributed by atoms with Crippen molar-refractivity contribution < 1.29 is 0 Å². The summed E-state index contributed by atoms with van der Waals surface area (Å²) in [5.41, 5.74) is 7.54. The van der Waals surface area contributed by atoms with Crippen molar-refractivity contribution in [2.75, 3.05) is 5.73 Å². The second-order valence-electron chi connectivity index (χ2n) is 3.87. The van der Waals surface area contributed by atoms with E-state index < -0.39 is 0 Å². The summed E-state index contributed by atoms with van der Waals surface area (Å²) >= 11 is 0. The summed E-state index contributed by atoms with van der Waals surface area (Å²) in [6, 6.07) is 0. The van der Waals surface area contributed by atoms with Crippen LogP contribution in [0.15, 0.2) is 18.6 Å². The van der Waals surface area contributed by atoms with E-state index in [2.05, 4.69) is 34.1 Å². The number of nitrogen functional groups attached to an aromatic ring is 1. The van der Waals surface area contributed by atoms with Crippen molar-refractivity contribution in [3.63, 3.8) is 0 Å². The lowest BCUT2D eigenvalue weighted by atomic mass is 10.1. The number of anilines is 1. The molecule has 16 heavy (non-hydrogen) atoms. The molecule has 84 valence electrons. The standard InChI is InChI=1S/C10H14N6/c1-7(2)9-10(11)14-15-16(9)6-8-5-12-3-4-13-8/h3-5,7H,6,11H2,1-2H3. The summed E-state index contributed by atoms with van der Waals surface area (Å²) in [6.45, 7) is 4.66. The first kappa shape index (κ1) is 10.5. The molecule has 0 saturated heterocycles. The zero-order valence-corrected chi connectivity index (χ0v) is 9.33. The van der Waals surface area contributed by atoms with Gasteiger partial charge in [-0.3, -0.25) is 9.97 Å². The Morgan fingerprint density at radius 1 is 1.38 bits per heavy atom. The third kappa shape index (κ3) is 2.00. The van der Waals surface area contributed by atoms with Gasteiger partial charge in [0.05, 0.1) is 24.1 Å². The molecule has 0 aliphatic heterocycles. The normalized spacial score (nSPS) is 10.9. The van der Waals surface area contributed by atoms with Crippen LogP contribution in [0.1, 0.15) is 31.2 Å². The van der Waals surface area contributed by atoms with E-state index in [1.807, 2.05) is 0 Å². The molecular formula is C10H14N6. The van der Waals surface area contributed by atoms with Gasteiger partial charge in [0, 0.05) is 12.4 Å². The average Bonchev–Trinajstić information content (AvgIpc) is 2.61. The fourth-order valence-electron chi connectivity index (χ4n) is 1.61. The van der Waals surface area contributed by atoms with E-state index >= 15 is 0 Å². The first-order valence-electron chi connectivity index (χ1n) is 5.12. The van der Waals surface area contributed by atoms with Crippen molar-refractivity contribution in [1.82, 2.24) is 25.0 Å². The van der Waals surface area contributed by atoms with Crippen LogP contribution in [0.3, 0.4) is 0 Å². The van der Waals surface area contributed by atoms with Crippen LogP contribution in [-0.4, -0.2) is 25.0 Å². The monoisotopic (exact) mass is 218 g/mol. The number of hydrogen-bond acceptors (Lipinski definition) is 5.